The highest BCUT2D eigenvalue weighted by molar-refractivity contribution is 5.80. The molecule has 0 aromatic carbocycles. The number of nitrogens with zero attached hydrogens (tertiary/aromatic N) is 4. The van der Waals surface area contributed by atoms with Crippen LogP contribution >= 0.6 is 0 Å². The van der Waals surface area contributed by atoms with Gasteiger partial charge in [0.25, 0.3) is 0 Å². The van der Waals surface area contributed by atoms with Crippen molar-refractivity contribution < 1.29 is 39.3 Å². The largest absolute Gasteiger partial charge is 0.480 e. The summed E-state index contributed by atoms with van der Waals surface area (Å²) < 4.78 is 0. The quantitative estimate of drug-likeness (QED) is 0.260. The van der Waals surface area contributed by atoms with Crippen molar-refractivity contribution >= 4 is 29.6 Å². The lowest BCUT2D eigenvalue weighted by atomic mass is 10.3. The lowest BCUT2D eigenvalue weighted by Gasteiger charge is -2.32. The topological polar surface area (TPSA) is 171 Å². The molecule has 1 heterocycles. The summed E-state index contributed by atoms with van der Waals surface area (Å²) in [5, 5.41) is 30.3. The maximum absolute atomic E-state index is 12.3. The van der Waals surface area contributed by atoms with E-state index in [2.05, 4.69) is 5.32 Å². The van der Waals surface area contributed by atoms with Gasteiger partial charge in [0.1, 0.15) is 5.78 Å². The zero-order chi connectivity index (χ0) is 26.8. The normalized spacial score (nSPS) is 17.2. The maximum atomic E-state index is 12.3. The molecule has 13 heteroatoms. The Morgan fingerprint density at radius 3 is 1.14 bits per heavy atom. The van der Waals surface area contributed by atoms with Crippen LogP contribution in [-0.4, -0.2) is 150 Å². The van der Waals surface area contributed by atoms with Crippen molar-refractivity contribution in [3.8, 4) is 0 Å². The number of carboxylic acid groups (broad SMARTS) is 3. The van der Waals surface area contributed by atoms with Crippen molar-refractivity contribution in [2.75, 3.05) is 85.1 Å². The number of carboxylic acids is 3. The molecule has 13 nitrogen and oxygen atoms in total. The van der Waals surface area contributed by atoms with Gasteiger partial charge < -0.3 is 20.6 Å². The minimum atomic E-state index is -1.02. The van der Waals surface area contributed by atoms with E-state index in [0.717, 1.165) is 0 Å². The van der Waals surface area contributed by atoms with Gasteiger partial charge in [-0.25, -0.2) is 0 Å². The van der Waals surface area contributed by atoms with Gasteiger partial charge in [-0.2, -0.15) is 0 Å². The average molecular weight is 504 g/mol. The molecule has 0 saturated carbocycles. The summed E-state index contributed by atoms with van der Waals surface area (Å²) in [6.07, 6.45) is 0.233. The molecule has 0 unspecified atom stereocenters. The minimum absolute atomic E-state index is 0.0326. The Labute approximate surface area is 206 Å². The molecular formula is C22H41N5O8. The molecule has 0 aromatic heterocycles. The summed E-state index contributed by atoms with van der Waals surface area (Å²) in [4.78, 5) is 63.9. The predicted molar refractivity (Wildman–Crippen MR) is 128 cm³/mol. The van der Waals surface area contributed by atoms with E-state index >= 15 is 0 Å². The van der Waals surface area contributed by atoms with E-state index in [4.69, 9.17) is 5.11 Å². The van der Waals surface area contributed by atoms with Crippen molar-refractivity contribution in [2.24, 2.45) is 0 Å². The van der Waals surface area contributed by atoms with Crippen LogP contribution < -0.4 is 5.32 Å². The Morgan fingerprint density at radius 2 is 0.886 bits per heavy atom. The zero-order valence-corrected chi connectivity index (χ0v) is 21.1. The number of rotatable bonds is 11. The van der Waals surface area contributed by atoms with Gasteiger partial charge in [-0.1, -0.05) is 13.8 Å². The summed E-state index contributed by atoms with van der Waals surface area (Å²) in [6, 6.07) is 0. The highest BCUT2D eigenvalue weighted by Gasteiger charge is 2.21. The van der Waals surface area contributed by atoms with Gasteiger partial charge in [0, 0.05) is 65.3 Å². The van der Waals surface area contributed by atoms with Gasteiger partial charge in [-0.05, 0) is 6.92 Å². The third kappa shape index (κ3) is 17.5. The van der Waals surface area contributed by atoms with Crippen LogP contribution in [0, 0.1) is 0 Å². The molecule has 0 atom stereocenters. The molecule has 35 heavy (non-hydrogen) atoms. The van der Waals surface area contributed by atoms with Crippen LogP contribution in [0.2, 0.25) is 0 Å². The summed E-state index contributed by atoms with van der Waals surface area (Å²) >= 11 is 0. The molecule has 202 valence electrons. The first-order valence-electron chi connectivity index (χ1n) is 11.9. The van der Waals surface area contributed by atoms with Gasteiger partial charge >= 0.3 is 17.9 Å². The van der Waals surface area contributed by atoms with Gasteiger partial charge in [0.2, 0.25) is 5.91 Å². The fourth-order valence-corrected chi connectivity index (χ4v) is 3.42. The van der Waals surface area contributed by atoms with Crippen molar-refractivity contribution in [2.45, 2.75) is 27.2 Å². The van der Waals surface area contributed by atoms with Gasteiger partial charge in [-0.15, -0.1) is 0 Å². The number of nitrogens with one attached hydrogen (secondary N) is 1. The van der Waals surface area contributed by atoms with E-state index in [1.165, 1.54) is 6.92 Å². The van der Waals surface area contributed by atoms with E-state index in [0.29, 0.717) is 52.4 Å². The molecule has 1 rings (SSSR count). The lowest BCUT2D eigenvalue weighted by molar-refractivity contribution is -0.140. The second-order valence-corrected chi connectivity index (χ2v) is 8.09. The Balaban J connectivity index is 0.00000562. The number of ketones is 1. The fourth-order valence-electron chi connectivity index (χ4n) is 3.42. The smallest absolute Gasteiger partial charge is 0.317 e. The third-order valence-corrected chi connectivity index (χ3v) is 5.17. The number of Topliss-reactive ketones (excluding diaryl/α,β-unsaturated/α-hetero) is 1. The first-order chi connectivity index (χ1) is 16.5. The monoisotopic (exact) mass is 503 g/mol. The van der Waals surface area contributed by atoms with Crippen molar-refractivity contribution in [3.63, 3.8) is 0 Å². The molecule has 0 bridgehead atoms. The van der Waals surface area contributed by atoms with Crippen LogP contribution in [0.4, 0.5) is 0 Å². The molecule has 0 radical (unpaired) electrons. The molecule has 0 spiro atoms. The highest BCUT2D eigenvalue weighted by atomic mass is 16.4. The van der Waals surface area contributed by atoms with Gasteiger partial charge in [0.15, 0.2) is 0 Å². The van der Waals surface area contributed by atoms with Crippen LogP contribution in [-0.2, 0) is 24.0 Å². The number of carbonyl (C=O) groups is 5. The first-order valence-corrected chi connectivity index (χ1v) is 11.9. The lowest BCUT2D eigenvalue weighted by Crippen LogP contribution is -2.49. The predicted octanol–water partition coefficient (Wildman–Crippen LogP) is -1.42. The van der Waals surface area contributed by atoms with E-state index in [9.17, 15) is 34.2 Å². The van der Waals surface area contributed by atoms with Crippen molar-refractivity contribution in [1.29, 1.82) is 0 Å². The summed E-state index contributed by atoms with van der Waals surface area (Å²) in [5.74, 6) is -3.34. The van der Waals surface area contributed by atoms with E-state index in [1.807, 2.05) is 18.7 Å². The summed E-state index contributed by atoms with van der Waals surface area (Å²) in [6.45, 7) is 7.72. The van der Waals surface area contributed by atoms with Crippen molar-refractivity contribution in [3.05, 3.63) is 0 Å². The zero-order valence-electron chi connectivity index (χ0n) is 21.1. The van der Waals surface area contributed by atoms with Gasteiger partial charge in [-0.3, -0.25) is 43.6 Å². The molecule has 1 amide bonds. The number of aliphatic carboxylic acids is 3. The van der Waals surface area contributed by atoms with Crippen LogP contribution in [0.5, 0.6) is 0 Å². The fraction of sp³-hybridized carbons (Fsp3) is 0.773. The van der Waals surface area contributed by atoms with Crippen molar-refractivity contribution in [1.82, 2.24) is 24.9 Å². The molecule has 4 N–H and O–H groups in total. The molecule has 1 fully saturated rings. The molecule has 0 aliphatic carbocycles. The Hall–Kier alpha value is -2.61. The third-order valence-electron chi connectivity index (χ3n) is 5.17. The maximum Gasteiger partial charge on any atom is 0.317 e. The van der Waals surface area contributed by atoms with Gasteiger partial charge in [0.05, 0.1) is 26.2 Å². The Kier molecular flexibility index (Phi) is 17.3. The highest BCUT2D eigenvalue weighted by Crippen LogP contribution is 2.01. The summed E-state index contributed by atoms with van der Waals surface area (Å²) in [5.41, 5.74) is 0. The number of amides is 1. The molecule has 1 aliphatic heterocycles. The van der Waals surface area contributed by atoms with E-state index in [1.54, 1.807) is 14.7 Å². The number of hydrogen-bond donors (Lipinski definition) is 4. The molecule has 1 saturated heterocycles. The molecule has 1 aliphatic rings. The SMILES string of the molecule is CC.CC(=O)CCNC(=O)CN1CCN(CC(=O)O)CCN(CC(=O)O)CCN(CC(=O)O)CC1. The average Bonchev–Trinajstić information content (AvgIpc) is 2.75. The minimum Gasteiger partial charge on any atom is -0.480 e. The standard InChI is InChI=1S/C20H35N5O8.C2H6/c1-16(26)2-3-21-17(27)12-22-4-6-23(13-18(28)29)8-10-25(15-20(32)33)11-9-24(7-5-22)14-19(30)31;1-2/h2-15H2,1H3,(H,21,27)(H,28,29)(H,30,31)(H,32,33);1-2H3. The second kappa shape index (κ2) is 18.7. The van der Waals surface area contributed by atoms with Crippen LogP contribution in [0.3, 0.4) is 0 Å². The van der Waals surface area contributed by atoms with E-state index < -0.39 is 17.9 Å². The molecular weight excluding hydrogens is 462 g/mol. The second-order valence-electron chi connectivity index (χ2n) is 8.09. The number of carbonyl (C=O) groups excluding carboxylic acids is 2. The summed E-state index contributed by atoms with van der Waals surface area (Å²) in [7, 11) is 0. The Bertz CT molecular complexity index is 659. The van der Waals surface area contributed by atoms with E-state index in [-0.39, 0.29) is 50.8 Å². The number of hydrogen-bond acceptors (Lipinski definition) is 9. The molecule has 0 aromatic rings. The van der Waals surface area contributed by atoms with Crippen LogP contribution in [0.1, 0.15) is 27.2 Å². The first kappa shape index (κ1) is 32.4. The van der Waals surface area contributed by atoms with Crippen LogP contribution in [0.15, 0.2) is 0 Å². The van der Waals surface area contributed by atoms with Crippen LogP contribution in [0.25, 0.3) is 0 Å². The Morgan fingerprint density at radius 1 is 0.600 bits per heavy atom.